The Hall–Kier alpha value is -2.28. The number of hydrogen-bond acceptors (Lipinski definition) is 3. The number of rotatable bonds is 4. The predicted molar refractivity (Wildman–Crippen MR) is 99.8 cm³/mol. The standard InChI is InChI=1S/C19H23N3O3S/c1-21-17(19(23)20-15-7-3-4-8-15)10-11-18(21)26(24,25)22-13-12-14-6-2-5-9-16(14)22/h2,5-6,9-11,15H,3-4,7-8,12-13H2,1H3,(H,20,23). The van der Waals surface area contributed by atoms with Crippen molar-refractivity contribution in [1.29, 1.82) is 0 Å². The van der Waals surface area contributed by atoms with E-state index in [1.807, 2.05) is 24.3 Å². The molecule has 6 nitrogen and oxygen atoms in total. The maximum atomic E-state index is 13.2. The van der Waals surface area contributed by atoms with E-state index in [1.165, 1.54) is 14.9 Å². The molecule has 1 aliphatic carbocycles. The number of nitrogens with zero attached hydrogens (tertiary/aromatic N) is 2. The quantitative estimate of drug-likeness (QED) is 0.895. The average molecular weight is 373 g/mol. The molecule has 1 fully saturated rings. The molecular weight excluding hydrogens is 350 g/mol. The monoisotopic (exact) mass is 373 g/mol. The van der Waals surface area contributed by atoms with Crippen LogP contribution in [0.5, 0.6) is 0 Å². The van der Waals surface area contributed by atoms with Crippen LogP contribution in [0.15, 0.2) is 41.4 Å². The lowest BCUT2D eigenvalue weighted by molar-refractivity contribution is 0.0929. The van der Waals surface area contributed by atoms with Crippen LogP contribution in [-0.2, 0) is 23.5 Å². The smallest absolute Gasteiger partial charge is 0.280 e. The second-order valence-corrected chi connectivity index (χ2v) is 8.84. The van der Waals surface area contributed by atoms with Crippen molar-refractivity contribution in [2.75, 3.05) is 10.8 Å². The molecule has 0 bridgehead atoms. The first-order valence-electron chi connectivity index (χ1n) is 9.06. The Bertz CT molecular complexity index is 943. The molecule has 1 amide bonds. The number of para-hydroxylation sites is 1. The maximum absolute atomic E-state index is 13.2. The van der Waals surface area contributed by atoms with Crippen LogP contribution >= 0.6 is 0 Å². The Morgan fingerprint density at radius 3 is 2.62 bits per heavy atom. The van der Waals surface area contributed by atoms with Gasteiger partial charge in [-0.05, 0) is 43.0 Å². The number of carbonyl (C=O) groups is 1. The average Bonchev–Trinajstić information content (AvgIpc) is 3.33. The van der Waals surface area contributed by atoms with Crippen LogP contribution in [0.4, 0.5) is 5.69 Å². The number of anilines is 1. The molecule has 1 aliphatic heterocycles. The molecular formula is C19H23N3O3S. The van der Waals surface area contributed by atoms with Gasteiger partial charge >= 0.3 is 0 Å². The van der Waals surface area contributed by atoms with Crippen molar-refractivity contribution in [3.63, 3.8) is 0 Å². The van der Waals surface area contributed by atoms with Gasteiger partial charge in [0.2, 0.25) is 0 Å². The molecule has 0 unspecified atom stereocenters. The minimum atomic E-state index is -3.71. The lowest BCUT2D eigenvalue weighted by Crippen LogP contribution is -2.34. The van der Waals surface area contributed by atoms with Crippen LogP contribution < -0.4 is 9.62 Å². The number of hydrogen-bond donors (Lipinski definition) is 1. The molecule has 1 aromatic heterocycles. The molecule has 4 rings (SSSR count). The third kappa shape index (κ3) is 2.80. The van der Waals surface area contributed by atoms with Crippen molar-refractivity contribution in [3.8, 4) is 0 Å². The largest absolute Gasteiger partial charge is 0.348 e. The van der Waals surface area contributed by atoms with E-state index in [0.717, 1.165) is 36.9 Å². The van der Waals surface area contributed by atoms with Crippen molar-refractivity contribution < 1.29 is 13.2 Å². The fraction of sp³-hybridized carbons (Fsp3) is 0.421. The van der Waals surface area contributed by atoms with Crippen molar-refractivity contribution in [2.24, 2.45) is 7.05 Å². The van der Waals surface area contributed by atoms with Crippen molar-refractivity contribution in [1.82, 2.24) is 9.88 Å². The van der Waals surface area contributed by atoms with Gasteiger partial charge in [0.25, 0.3) is 15.9 Å². The van der Waals surface area contributed by atoms with E-state index >= 15 is 0 Å². The van der Waals surface area contributed by atoms with Gasteiger partial charge < -0.3 is 9.88 Å². The Labute approximate surface area is 153 Å². The Kier molecular flexibility index (Phi) is 4.26. The van der Waals surface area contributed by atoms with E-state index in [-0.39, 0.29) is 17.0 Å². The van der Waals surface area contributed by atoms with Crippen LogP contribution in [0.3, 0.4) is 0 Å². The highest BCUT2D eigenvalue weighted by molar-refractivity contribution is 7.92. The Balaban J connectivity index is 1.62. The summed E-state index contributed by atoms with van der Waals surface area (Å²) in [5, 5.41) is 3.16. The summed E-state index contributed by atoms with van der Waals surface area (Å²) in [5.74, 6) is -0.206. The SMILES string of the molecule is Cn1c(C(=O)NC2CCCC2)ccc1S(=O)(=O)N1CCc2ccccc21. The third-order valence-electron chi connectivity index (χ3n) is 5.40. The number of fused-ring (bicyclic) bond motifs is 1. The minimum absolute atomic E-state index is 0.144. The first-order chi connectivity index (χ1) is 12.5. The topological polar surface area (TPSA) is 71.4 Å². The molecule has 2 aromatic rings. The number of aromatic nitrogens is 1. The second-order valence-electron chi connectivity index (χ2n) is 7.03. The van der Waals surface area contributed by atoms with E-state index < -0.39 is 10.0 Å². The Morgan fingerprint density at radius 1 is 1.12 bits per heavy atom. The van der Waals surface area contributed by atoms with Crippen LogP contribution in [0.2, 0.25) is 0 Å². The molecule has 1 N–H and O–H groups in total. The van der Waals surface area contributed by atoms with E-state index in [4.69, 9.17) is 0 Å². The first-order valence-corrected chi connectivity index (χ1v) is 10.5. The molecule has 7 heteroatoms. The predicted octanol–water partition coefficient (Wildman–Crippen LogP) is 2.45. The molecule has 138 valence electrons. The lowest BCUT2D eigenvalue weighted by atomic mass is 10.2. The summed E-state index contributed by atoms with van der Waals surface area (Å²) in [6.07, 6.45) is 4.95. The maximum Gasteiger partial charge on any atom is 0.280 e. The molecule has 0 saturated heterocycles. The fourth-order valence-corrected chi connectivity index (χ4v) is 5.66. The van der Waals surface area contributed by atoms with Gasteiger partial charge in [0.05, 0.1) is 5.69 Å². The number of sulfonamides is 1. The van der Waals surface area contributed by atoms with Crippen LogP contribution in [0.1, 0.15) is 41.7 Å². The highest BCUT2D eigenvalue weighted by Crippen LogP contribution is 2.33. The highest BCUT2D eigenvalue weighted by atomic mass is 32.2. The zero-order valence-corrected chi connectivity index (χ0v) is 15.6. The summed E-state index contributed by atoms with van der Waals surface area (Å²) in [6, 6.07) is 10.9. The van der Waals surface area contributed by atoms with Crippen LogP contribution in [0, 0.1) is 0 Å². The normalized spacial score (nSPS) is 17.5. The molecule has 2 aliphatic rings. The van der Waals surface area contributed by atoms with Gasteiger partial charge in [0.1, 0.15) is 5.69 Å². The third-order valence-corrected chi connectivity index (χ3v) is 7.30. The number of nitrogens with one attached hydrogen (secondary N) is 1. The van der Waals surface area contributed by atoms with Crippen LogP contribution in [-0.4, -0.2) is 31.5 Å². The summed E-state index contributed by atoms with van der Waals surface area (Å²) in [7, 11) is -2.07. The van der Waals surface area contributed by atoms with Crippen molar-refractivity contribution in [2.45, 2.75) is 43.2 Å². The van der Waals surface area contributed by atoms with E-state index in [1.54, 1.807) is 13.1 Å². The van der Waals surface area contributed by atoms with Crippen LogP contribution in [0.25, 0.3) is 0 Å². The molecule has 1 aromatic carbocycles. The first kappa shape index (κ1) is 17.1. The molecule has 0 atom stereocenters. The minimum Gasteiger partial charge on any atom is -0.348 e. The summed E-state index contributed by atoms with van der Waals surface area (Å²) < 4.78 is 29.3. The fourth-order valence-electron chi connectivity index (χ4n) is 3.98. The summed E-state index contributed by atoms with van der Waals surface area (Å²) >= 11 is 0. The van der Waals surface area contributed by atoms with Crippen molar-refractivity contribution in [3.05, 3.63) is 47.7 Å². The zero-order valence-electron chi connectivity index (χ0n) is 14.8. The second kappa shape index (κ2) is 6.46. The molecule has 0 spiro atoms. The zero-order chi connectivity index (χ0) is 18.3. The van der Waals surface area contributed by atoms with Crippen molar-refractivity contribution >= 4 is 21.6 Å². The van der Waals surface area contributed by atoms with Gasteiger partial charge in [-0.25, -0.2) is 0 Å². The molecule has 1 saturated carbocycles. The van der Waals surface area contributed by atoms with E-state index in [9.17, 15) is 13.2 Å². The number of carbonyl (C=O) groups excluding carboxylic acids is 1. The Morgan fingerprint density at radius 2 is 1.85 bits per heavy atom. The van der Waals surface area contributed by atoms with E-state index in [0.29, 0.717) is 18.7 Å². The summed E-state index contributed by atoms with van der Waals surface area (Å²) in [6.45, 7) is 0.427. The van der Waals surface area contributed by atoms with Gasteiger partial charge in [-0.2, -0.15) is 8.42 Å². The van der Waals surface area contributed by atoms with E-state index in [2.05, 4.69) is 5.32 Å². The summed E-state index contributed by atoms with van der Waals surface area (Å²) in [4.78, 5) is 12.5. The van der Waals surface area contributed by atoms with Gasteiger partial charge in [0, 0.05) is 19.6 Å². The number of amides is 1. The van der Waals surface area contributed by atoms with Gasteiger partial charge in [-0.3, -0.25) is 9.10 Å². The molecule has 2 heterocycles. The van der Waals surface area contributed by atoms with Gasteiger partial charge in [-0.15, -0.1) is 0 Å². The number of benzene rings is 1. The molecule has 0 radical (unpaired) electrons. The van der Waals surface area contributed by atoms with Gasteiger partial charge in [-0.1, -0.05) is 31.0 Å². The van der Waals surface area contributed by atoms with Gasteiger partial charge in [0.15, 0.2) is 5.03 Å². The summed E-state index contributed by atoms with van der Waals surface area (Å²) in [5.41, 5.74) is 2.14. The lowest BCUT2D eigenvalue weighted by Gasteiger charge is -2.20. The highest BCUT2D eigenvalue weighted by Gasteiger charge is 2.33. The molecule has 26 heavy (non-hydrogen) atoms.